The van der Waals surface area contributed by atoms with E-state index in [9.17, 15) is 0 Å². The Labute approximate surface area is 152 Å². The molecule has 1 aromatic carbocycles. The molecule has 1 heterocycles. The first-order valence-corrected chi connectivity index (χ1v) is 10.4. The molecule has 4 aliphatic rings. The molecule has 0 bridgehead atoms. The van der Waals surface area contributed by atoms with Crippen LogP contribution in [0.15, 0.2) is 18.2 Å². The first-order valence-electron chi connectivity index (χ1n) is 9.16. The van der Waals surface area contributed by atoms with E-state index in [2.05, 4.69) is 40.8 Å². The molecule has 0 radical (unpaired) electrons. The highest BCUT2D eigenvalue weighted by molar-refractivity contribution is 14.1. The van der Waals surface area contributed by atoms with E-state index >= 15 is 0 Å². The molecule has 1 aliphatic heterocycles. The molecule has 6 atom stereocenters. The second-order valence-electron chi connectivity index (χ2n) is 8.05. The lowest BCUT2D eigenvalue weighted by Crippen LogP contribution is -2.46. The summed E-state index contributed by atoms with van der Waals surface area (Å²) in [5, 5.41) is 0. The molecule has 5 rings (SSSR count). The van der Waals surface area contributed by atoms with Gasteiger partial charge in [0, 0.05) is 5.41 Å². The lowest BCUT2D eigenvalue weighted by molar-refractivity contribution is 0.00788. The van der Waals surface area contributed by atoms with Crippen LogP contribution in [-0.2, 0) is 11.2 Å². The summed E-state index contributed by atoms with van der Waals surface area (Å²) < 4.78 is 12.0. The van der Waals surface area contributed by atoms with E-state index in [0.29, 0.717) is 9.53 Å². The molecular formula is C20H25IO2. The summed E-state index contributed by atoms with van der Waals surface area (Å²) in [6.07, 6.45) is 8.19. The number of fused-ring (bicyclic) bond motifs is 4. The molecule has 1 aromatic rings. The van der Waals surface area contributed by atoms with Crippen LogP contribution in [0.5, 0.6) is 5.75 Å². The largest absolute Gasteiger partial charge is 0.497 e. The van der Waals surface area contributed by atoms with Gasteiger partial charge in [0.1, 0.15) is 9.86 Å². The number of rotatable bonds is 1. The van der Waals surface area contributed by atoms with Crippen molar-refractivity contribution in [1.82, 2.24) is 0 Å². The van der Waals surface area contributed by atoms with E-state index < -0.39 is 0 Å². The van der Waals surface area contributed by atoms with Gasteiger partial charge < -0.3 is 9.47 Å². The van der Waals surface area contributed by atoms with Crippen LogP contribution in [0.4, 0.5) is 0 Å². The maximum absolute atomic E-state index is 6.13. The molecule has 3 heteroatoms. The third-order valence-electron chi connectivity index (χ3n) is 7.56. The summed E-state index contributed by atoms with van der Waals surface area (Å²) in [5.41, 5.74) is 3.68. The molecule has 1 spiro atoms. The highest BCUT2D eigenvalue weighted by Crippen LogP contribution is 2.67. The van der Waals surface area contributed by atoms with E-state index in [-0.39, 0.29) is 0 Å². The normalized spacial score (nSPS) is 44.2. The van der Waals surface area contributed by atoms with Crippen molar-refractivity contribution in [3.8, 4) is 5.75 Å². The molecule has 1 saturated heterocycles. The molecule has 124 valence electrons. The molecule has 0 aromatic heterocycles. The van der Waals surface area contributed by atoms with Gasteiger partial charge in [-0.05, 0) is 85.5 Å². The quantitative estimate of drug-likeness (QED) is 0.470. The second kappa shape index (κ2) is 5.35. The Morgan fingerprint density at radius 2 is 2.13 bits per heavy atom. The first-order chi connectivity index (χ1) is 11.2. The summed E-state index contributed by atoms with van der Waals surface area (Å²) in [4.78, 5) is 0. The Bertz CT molecular complexity index is 630. The van der Waals surface area contributed by atoms with E-state index in [1.54, 1.807) is 18.2 Å². The van der Waals surface area contributed by atoms with Crippen LogP contribution in [0.2, 0.25) is 0 Å². The van der Waals surface area contributed by atoms with Crippen molar-refractivity contribution in [2.75, 3.05) is 13.7 Å². The van der Waals surface area contributed by atoms with E-state index in [0.717, 1.165) is 36.0 Å². The van der Waals surface area contributed by atoms with Gasteiger partial charge in [-0.1, -0.05) is 28.7 Å². The summed E-state index contributed by atoms with van der Waals surface area (Å²) in [6, 6.07) is 6.82. The van der Waals surface area contributed by atoms with Crippen LogP contribution in [0, 0.1) is 23.2 Å². The summed E-state index contributed by atoms with van der Waals surface area (Å²) in [6.45, 7) is 1.02. The van der Waals surface area contributed by atoms with Gasteiger partial charge in [0.05, 0.1) is 13.7 Å². The minimum absolute atomic E-state index is 0.454. The Balaban J connectivity index is 1.51. The number of ether oxygens (including phenoxy) is 2. The van der Waals surface area contributed by atoms with Crippen LogP contribution in [-0.4, -0.2) is 17.8 Å². The highest BCUT2D eigenvalue weighted by Gasteiger charge is 2.63. The number of alkyl halides is 1. The van der Waals surface area contributed by atoms with Crippen LogP contribution in [0.1, 0.15) is 49.1 Å². The smallest absolute Gasteiger partial charge is 0.119 e. The van der Waals surface area contributed by atoms with Gasteiger partial charge in [0.25, 0.3) is 0 Å². The van der Waals surface area contributed by atoms with Gasteiger partial charge in [0.2, 0.25) is 0 Å². The zero-order chi connectivity index (χ0) is 15.6. The number of benzene rings is 1. The fourth-order valence-electron chi connectivity index (χ4n) is 6.58. The minimum Gasteiger partial charge on any atom is -0.497 e. The summed E-state index contributed by atoms with van der Waals surface area (Å²) in [5.74, 6) is 4.42. The lowest BCUT2D eigenvalue weighted by atomic mass is 9.54. The predicted molar refractivity (Wildman–Crippen MR) is 99.2 cm³/mol. The average Bonchev–Trinajstić information content (AvgIpc) is 3.11. The number of halogens is 1. The van der Waals surface area contributed by atoms with Crippen LogP contribution < -0.4 is 4.74 Å². The second-order valence-corrected chi connectivity index (χ2v) is 9.19. The Morgan fingerprint density at radius 3 is 3.00 bits per heavy atom. The van der Waals surface area contributed by atoms with Crippen LogP contribution in [0.3, 0.4) is 0 Å². The van der Waals surface area contributed by atoms with E-state index in [1.807, 2.05) is 0 Å². The van der Waals surface area contributed by atoms with Crippen LogP contribution in [0.25, 0.3) is 0 Å². The Morgan fingerprint density at radius 1 is 1.22 bits per heavy atom. The van der Waals surface area contributed by atoms with Crippen molar-refractivity contribution in [3.05, 3.63) is 29.3 Å². The number of aryl methyl sites for hydroxylation is 1. The van der Waals surface area contributed by atoms with Gasteiger partial charge in [-0.2, -0.15) is 0 Å². The summed E-state index contributed by atoms with van der Waals surface area (Å²) >= 11 is 2.61. The monoisotopic (exact) mass is 424 g/mol. The zero-order valence-corrected chi connectivity index (χ0v) is 15.9. The topological polar surface area (TPSA) is 18.5 Å². The number of hydrogen-bond acceptors (Lipinski definition) is 2. The molecule has 0 amide bonds. The lowest BCUT2D eigenvalue weighted by Gasteiger charge is -2.51. The Hall–Kier alpha value is -0.290. The van der Waals surface area contributed by atoms with Gasteiger partial charge in [-0.15, -0.1) is 0 Å². The van der Waals surface area contributed by atoms with Crippen molar-refractivity contribution >= 4 is 22.6 Å². The molecule has 0 N–H and O–H groups in total. The van der Waals surface area contributed by atoms with Crippen molar-refractivity contribution < 1.29 is 9.47 Å². The minimum atomic E-state index is 0.454. The SMILES string of the molecule is COc1ccc2c(c1)CC[C@@H]1[C@@H]2CC[C@]23C(I)OC[C@H]2CC[C@@H]13. The van der Waals surface area contributed by atoms with Gasteiger partial charge in [-0.25, -0.2) is 0 Å². The molecule has 1 unspecified atom stereocenters. The first kappa shape index (κ1) is 15.0. The number of methoxy groups -OCH3 is 1. The number of hydrogen-bond donors (Lipinski definition) is 0. The fraction of sp³-hybridized carbons (Fsp3) is 0.700. The van der Waals surface area contributed by atoms with Gasteiger partial charge >= 0.3 is 0 Å². The van der Waals surface area contributed by atoms with Crippen molar-refractivity contribution in [2.45, 2.75) is 48.6 Å². The van der Waals surface area contributed by atoms with Crippen molar-refractivity contribution in [1.29, 1.82) is 0 Å². The molecule has 3 aliphatic carbocycles. The van der Waals surface area contributed by atoms with Gasteiger partial charge in [-0.3, -0.25) is 0 Å². The standard InChI is InChI=1S/C20H25IO2/c1-22-14-4-6-15-12(10-14)2-5-17-16(15)8-9-20-13(3-7-18(17)20)11-23-19(20)21/h4,6,10,13,16-19H,2-3,5,7-9,11H2,1H3/t13-,16-,17-,18+,19?,20+/m1/s1. The average molecular weight is 424 g/mol. The molecule has 3 fully saturated rings. The Kier molecular flexibility index (Phi) is 3.49. The van der Waals surface area contributed by atoms with Gasteiger partial charge in [0.15, 0.2) is 0 Å². The third kappa shape index (κ3) is 1.95. The summed E-state index contributed by atoms with van der Waals surface area (Å²) in [7, 11) is 1.77. The third-order valence-corrected chi connectivity index (χ3v) is 9.08. The zero-order valence-electron chi connectivity index (χ0n) is 13.8. The highest BCUT2D eigenvalue weighted by atomic mass is 127. The fourth-order valence-corrected chi connectivity index (χ4v) is 8.07. The molecule has 2 nitrogen and oxygen atoms in total. The predicted octanol–water partition coefficient (Wildman–Crippen LogP) is 4.94. The molecule has 23 heavy (non-hydrogen) atoms. The van der Waals surface area contributed by atoms with Crippen LogP contribution >= 0.6 is 22.6 Å². The van der Waals surface area contributed by atoms with E-state index in [4.69, 9.17) is 9.47 Å². The molecule has 2 saturated carbocycles. The maximum Gasteiger partial charge on any atom is 0.119 e. The van der Waals surface area contributed by atoms with E-state index in [1.165, 1.54) is 38.5 Å². The van der Waals surface area contributed by atoms with Crippen molar-refractivity contribution in [3.63, 3.8) is 0 Å². The molecular weight excluding hydrogens is 399 g/mol. The maximum atomic E-state index is 6.13. The van der Waals surface area contributed by atoms with Crippen molar-refractivity contribution in [2.24, 2.45) is 23.2 Å².